The number of urea groups is 1. The molecule has 0 bridgehead atoms. The van der Waals surface area contributed by atoms with Gasteiger partial charge in [-0.05, 0) is 24.5 Å². The number of anilines is 1. The summed E-state index contributed by atoms with van der Waals surface area (Å²) in [5.74, 6) is -0.260. The maximum Gasteiger partial charge on any atom is 0.321 e. The van der Waals surface area contributed by atoms with Crippen LogP contribution in [0.5, 0.6) is 0 Å². The smallest absolute Gasteiger partial charge is 0.321 e. The molecule has 5 radical (unpaired) electrons. The standard InChI is InChI=1S/C22H23ClFN4O.2CH2/c23-18-16(14-9-5-4-6-10-14)13-17-20(19(18)24)26-27-21(17)28(22(25)29)15-11-7-2-1-3-8-12-15;;/h4-6,9-10,13H,1-3,7-8,11-12H2,(H2,25,29)(H,26,27);2*1H2. The number of primary amides is 1. The molecule has 1 fully saturated rings. The number of benzene rings is 2. The van der Waals surface area contributed by atoms with E-state index in [-0.39, 0.29) is 25.4 Å². The molecule has 0 aliphatic heterocycles. The van der Waals surface area contributed by atoms with E-state index in [2.05, 4.69) is 10.2 Å². The summed E-state index contributed by atoms with van der Waals surface area (Å²) in [6.07, 6.45) is 7.00. The number of nitrogens with one attached hydrogen (secondary N) is 1. The van der Waals surface area contributed by atoms with Gasteiger partial charge in [-0.3, -0.25) is 10.00 Å². The van der Waals surface area contributed by atoms with Crippen molar-refractivity contribution in [1.82, 2.24) is 10.2 Å². The van der Waals surface area contributed by atoms with Crippen LogP contribution in [0.4, 0.5) is 15.0 Å². The number of aromatic nitrogens is 2. The van der Waals surface area contributed by atoms with E-state index in [1.807, 2.05) is 30.3 Å². The second-order valence-corrected chi connectivity index (χ2v) is 7.77. The Morgan fingerprint density at radius 2 is 1.68 bits per heavy atom. The molecule has 3 N–H and O–H groups in total. The highest BCUT2D eigenvalue weighted by molar-refractivity contribution is 6.34. The molecule has 0 saturated heterocycles. The molecule has 5 nitrogen and oxygen atoms in total. The van der Waals surface area contributed by atoms with E-state index in [4.69, 9.17) is 17.3 Å². The zero-order chi connectivity index (χ0) is 20.4. The van der Waals surface area contributed by atoms with Gasteiger partial charge >= 0.3 is 6.03 Å². The lowest BCUT2D eigenvalue weighted by Crippen LogP contribution is -2.39. The summed E-state index contributed by atoms with van der Waals surface area (Å²) in [5, 5.41) is 7.47. The summed E-state index contributed by atoms with van der Waals surface area (Å²) in [5.41, 5.74) is 7.25. The predicted molar refractivity (Wildman–Crippen MR) is 125 cm³/mol. The van der Waals surface area contributed by atoms with Crippen LogP contribution >= 0.6 is 11.6 Å². The second-order valence-electron chi connectivity index (χ2n) is 7.40. The number of nitrogens with zero attached hydrogens (tertiary/aromatic N) is 2. The van der Waals surface area contributed by atoms with Crippen LogP contribution in [0.25, 0.3) is 22.0 Å². The van der Waals surface area contributed by atoms with Crippen LogP contribution in [0.2, 0.25) is 5.02 Å². The SMILES string of the molecule is NC(=O)N([C]1CCCCCCC1)c1n[nH]c2c(F)c(Cl)c(-c3ccccc3)cc12.[CH2].[CH2]. The number of rotatable bonds is 3. The average molecular weight is 442 g/mol. The van der Waals surface area contributed by atoms with E-state index >= 15 is 4.39 Å². The Hall–Kier alpha value is -2.60. The fourth-order valence-electron chi connectivity index (χ4n) is 4.03. The van der Waals surface area contributed by atoms with Gasteiger partial charge in [0.1, 0.15) is 5.52 Å². The minimum atomic E-state index is -0.606. The topological polar surface area (TPSA) is 75.0 Å². The lowest BCUT2D eigenvalue weighted by Gasteiger charge is -2.29. The number of hydrogen-bond acceptors (Lipinski definition) is 2. The van der Waals surface area contributed by atoms with E-state index in [1.165, 1.54) is 11.3 Å². The van der Waals surface area contributed by atoms with Gasteiger partial charge in [-0.15, -0.1) is 0 Å². The molecule has 7 heteroatoms. The Labute approximate surface area is 188 Å². The maximum atomic E-state index is 15.0. The molecule has 1 saturated carbocycles. The lowest BCUT2D eigenvalue weighted by molar-refractivity contribution is 0.253. The maximum absolute atomic E-state index is 15.0. The molecule has 2 amide bonds. The Balaban J connectivity index is 0.00000171. The molecule has 163 valence electrons. The molecule has 31 heavy (non-hydrogen) atoms. The Morgan fingerprint density at radius 1 is 1.06 bits per heavy atom. The van der Waals surface area contributed by atoms with Crippen LogP contribution < -0.4 is 10.6 Å². The van der Waals surface area contributed by atoms with Crippen molar-refractivity contribution in [2.45, 2.75) is 44.9 Å². The number of hydrogen-bond donors (Lipinski definition) is 2. The molecule has 3 aromatic rings. The van der Waals surface area contributed by atoms with Crippen LogP contribution in [0, 0.1) is 26.7 Å². The van der Waals surface area contributed by atoms with Crippen LogP contribution in [-0.4, -0.2) is 16.2 Å². The number of carbonyl (C=O) groups excluding carboxylic acids is 1. The number of carbonyl (C=O) groups is 1. The summed E-state index contributed by atoms with van der Waals surface area (Å²) >= 11 is 6.31. The summed E-state index contributed by atoms with van der Waals surface area (Å²) in [6.45, 7) is 0. The molecule has 1 aliphatic rings. The van der Waals surface area contributed by atoms with Crippen molar-refractivity contribution < 1.29 is 9.18 Å². The third kappa shape index (κ3) is 4.85. The first-order valence-electron chi connectivity index (χ1n) is 9.93. The second kappa shape index (κ2) is 10.6. The van der Waals surface area contributed by atoms with E-state index < -0.39 is 11.8 Å². The summed E-state index contributed by atoms with van der Waals surface area (Å²) in [7, 11) is 0. The third-order valence-electron chi connectivity index (χ3n) is 5.49. The molecule has 0 unspecified atom stereocenters. The Bertz CT molecular complexity index is 1010. The molecule has 2 aromatic carbocycles. The highest BCUT2D eigenvalue weighted by Crippen LogP contribution is 2.40. The molecular formula is C24H27ClFN4O. The number of fused-ring (bicyclic) bond motifs is 1. The lowest BCUT2D eigenvalue weighted by atomic mass is 9.95. The number of amides is 2. The van der Waals surface area contributed by atoms with Crippen molar-refractivity contribution in [2.24, 2.45) is 5.73 Å². The number of nitrogens with two attached hydrogens (primary N) is 1. The van der Waals surface area contributed by atoms with Gasteiger partial charge in [0, 0.05) is 10.9 Å². The Morgan fingerprint density at radius 3 is 2.29 bits per heavy atom. The fourth-order valence-corrected chi connectivity index (χ4v) is 4.28. The molecule has 0 atom stereocenters. The van der Waals surface area contributed by atoms with E-state index in [9.17, 15) is 4.79 Å². The van der Waals surface area contributed by atoms with E-state index in [0.717, 1.165) is 50.1 Å². The fraction of sp³-hybridized carbons (Fsp3) is 0.292. The minimum absolute atomic E-state index is 0. The van der Waals surface area contributed by atoms with Gasteiger partial charge in [-0.2, -0.15) is 5.10 Å². The quantitative estimate of drug-likeness (QED) is 0.466. The van der Waals surface area contributed by atoms with Crippen LogP contribution in [-0.2, 0) is 0 Å². The predicted octanol–water partition coefficient (Wildman–Crippen LogP) is 6.84. The zero-order valence-electron chi connectivity index (χ0n) is 17.5. The van der Waals surface area contributed by atoms with Crippen molar-refractivity contribution in [3.63, 3.8) is 0 Å². The van der Waals surface area contributed by atoms with Gasteiger partial charge in [0.15, 0.2) is 11.6 Å². The van der Waals surface area contributed by atoms with Crippen LogP contribution in [0.1, 0.15) is 44.9 Å². The van der Waals surface area contributed by atoms with Gasteiger partial charge in [0.2, 0.25) is 0 Å². The van der Waals surface area contributed by atoms with Crippen molar-refractivity contribution in [2.75, 3.05) is 4.90 Å². The van der Waals surface area contributed by atoms with Gasteiger partial charge in [-0.1, -0.05) is 88.9 Å². The highest BCUT2D eigenvalue weighted by Gasteiger charge is 2.30. The Kier molecular flexibility index (Phi) is 8.45. The van der Waals surface area contributed by atoms with Crippen molar-refractivity contribution >= 4 is 34.4 Å². The van der Waals surface area contributed by atoms with Gasteiger partial charge in [0.05, 0.1) is 11.1 Å². The first-order valence-corrected chi connectivity index (χ1v) is 10.3. The van der Waals surface area contributed by atoms with E-state index in [1.54, 1.807) is 6.07 Å². The third-order valence-corrected chi connectivity index (χ3v) is 5.85. The zero-order valence-corrected chi connectivity index (χ0v) is 18.2. The molecular weight excluding hydrogens is 415 g/mol. The number of H-pyrrole nitrogens is 1. The monoisotopic (exact) mass is 441 g/mol. The van der Waals surface area contributed by atoms with Crippen molar-refractivity contribution in [3.8, 4) is 11.1 Å². The molecule has 1 heterocycles. The minimum Gasteiger partial charge on any atom is -0.351 e. The summed E-state index contributed by atoms with van der Waals surface area (Å²) in [4.78, 5) is 13.9. The van der Waals surface area contributed by atoms with Crippen molar-refractivity contribution in [1.29, 1.82) is 0 Å². The first kappa shape index (κ1) is 24.7. The summed E-state index contributed by atoms with van der Waals surface area (Å²) in [6, 6.07) is 11.4. The largest absolute Gasteiger partial charge is 0.351 e. The first-order chi connectivity index (χ1) is 14.1. The highest BCUT2D eigenvalue weighted by atomic mass is 35.5. The molecule has 1 aromatic heterocycles. The normalized spacial score (nSPS) is 14.8. The molecule has 1 aliphatic carbocycles. The number of aromatic amines is 1. The molecule has 0 spiro atoms. The summed E-state index contributed by atoms with van der Waals surface area (Å²) < 4.78 is 15.0. The van der Waals surface area contributed by atoms with Gasteiger partial charge < -0.3 is 5.73 Å². The van der Waals surface area contributed by atoms with Crippen LogP contribution in [0.15, 0.2) is 36.4 Å². The van der Waals surface area contributed by atoms with Crippen molar-refractivity contribution in [3.05, 3.63) is 68.1 Å². The molecule has 4 rings (SSSR count). The van der Waals surface area contributed by atoms with E-state index in [0.29, 0.717) is 16.8 Å². The van der Waals surface area contributed by atoms with Gasteiger partial charge in [0.25, 0.3) is 0 Å². The average Bonchev–Trinajstić information content (AvgIpc) is 3.10. The van der Waals surface area contributed by atoms with Gasteiger partial charge in [-0.25, -0.2) is 9.18 Å². The number of halogens is 2. The van der Waals surface area contributed by atoms with Crippen LogP contribution in [0.3, 0.4) is 0 Å².